The first kappa shape index (κ1) is 21.3. The Kier molecular flexibility index (Phi) is 6.92. The lowest BCUT2D eigenvalue weighted by Gasteiger charge is -2.22. The van der Waals surface area contributed by atoms with Gasteiger partial charge in [0.15, 0.2) is 0 Å². The van der Waals surface area contributed by atoms with Gasteiger partial charge in [0, 0.05) is 24.7 Å². The van der Waals surface area contributed by atoms with Gasteiger partial charge in [-0.3, -0.25) is 4.79 Å². The number of methoxy groups -OCH3 is 1. The summed E-state index contributed by atoms with van der Waals surface area (Å²) in [5, 5.41) is 0. The summed E-state index contributed by atoms with van der Waals surface area (Å²) in [7, 11) is -2.35. The molecule has 0 atom stereocenters. The van der Waals surface area contributed by atoms with E-state index in [9.17, 15) is 13.2 Å². The number of carbonyl (C=O) groups excluding carboxylic acids is 1. The topological polar surface area (TPSA) is 75.7 Å². The molecule has 1 aliphatic rings. The third-order valence-corrected chi connectivity index (χ3v) is 6.80. The summed E-state index contributed by atoms with van der Waals surface area (Å²) in [6, 6.07) is 14.2. The normalized spacial score (nSPS) is 14.7. The van der Waals surface area contributed by atoms with Crippen molar-refractivity contribution >= 4 is 15.9 Å². The van der Waals surface area contributed by atoms with Crippen LogP contribution in [0.3, 0.4) is 0 Å². The summed E-state index contributed by atoms with van der Waals surface area (Å²) in [6.07, 6.45) is 3.71. The Labute approximate surface area is 172 Å². The maximum atomic E-state index is 13.1. The fourth-order valence-electron chi connectivity index (χ4n) is 3.66. The van der Waals surface area contributed by atoms with Crippen LogP contribution in [-0.4, -0.2) is 38.9 Å². The Morgan fingerprint density at radius 3 is 2.45 bits per heavy atom. The maximum absolute atomic E-state index is 13.1. The molecule has 29 heavy (non-hydrogen) atoms. The van der Waals surface area contributed by atoms with Crippen molar-refractivity contribution in [2.24, 2.45) is 0 Å². The van der Waals surface area contributed by atoms with E-state index in [0.717, 1.165) is 31.2 Å². The summed E-state index contributed by atoms with van der Waals surface area (Å²) in [4.78, 5) is 14.8. The van der Waals surface area contributed by atoms with E-state index in [-0.39, 0.29) is 22.6 Å². The Balaban J connectivity index is 1.87. The molecule has 0 aliphatic heterocycles. The zero-order valence-electron chi connectivity index (χ0n) is 16.9. The fourth-order valence-corrected chi connectivity index (χ4v) is 5.16. The number of ether oxygens (including phenoxy) is 1. The van der Waals surface area contributed by atoms with Gasteiger partial charge in [0.05, 0.1) is 7.11 Å². The Morgan fingerprint density at radius 2 is 1.83 bits per heavy atom. The van der Waals surface area contributed by atoms with Crippen LogP contribution in [0.2, 0.25) is 0 Å². The second-order valence-electron chi connectivity index (χ2n) is 7.27. The molecule has 0 heterocycles. The van der Waals surface area contributed by atoms with Crippen LogP contribution in [0.25, 0.3) is 0 Å². The van der Waals surface area contributed by atoms with E-state index in [0.29, 0.717) is 18.7 Å². The number of benzene rings is 2. The van der Waals surface area contributed by atoms with Gasteiger partial charge >= 0.3 is 0 Å². The summed E-state index contributed by atoms with van der Waals surface area (Å²) in [5.74, 6) is 0.0227. The molecule has 7 heteroatoms. The molecule has 0 aromatic heterocycles. The van der Waals surface area contributed by atoms with Crippen molar-refractivity contribution in [3.63, 3.8) is 0 Å². The quantitative estimate of drug-likeness (QED) is 0.714. The first-order valence-electron chi connectivity index (χ1n) is 9.98. The van der Waals surface area contributed by atoms with E-state index in [1.807, 2.05) is 37.3 Å². The minimum atomic E-state index is -3.78. The second-order valence-corrected chi connectivity index (χ2v) is 8.96. The lowest BCUT2D eigenvalue weighted by atomic mass is 10.1. The molecule has 0 saturated heterocycles. The predicted octanol–water partition coefficient (Wildman–Crippen LogP) is 3.58. The van der Waals surface area contributed by atoms with E-state index in [2.05, 4.69) is 4.72 Å². The molecule has 0 unspecified atom stereocenters. The lowest BCUT2D eigenvalue weighted by Crippen LogP contribution is -2.33. The van der Waals surface area contributed by atoms with Gasteiger partial charge in [0.2, 0.25) is 10.0 Å². The fraction of sp³-hybridized carbons (Fsp3) is 0.409. The third kappa shape index (κ3) is 5.16. The predicted molar refractivity (Wildman–Crippen MR) is 112 cm³/mol. The largest absolute Gasteiger partial charge is 0.495 e. The first-order chi connectivity index (χ1) is 13.9. The molecule has 1 saturated carbocycles. The lowest BCUT2D eigenvalue weighted by molar-refractivity contribution is 0.0752. The highest BCUT2D eigenvalue weighted by molar-refractivity contribution is 7.89. The van der Waals surface area contributed by atoms with Crippen molar-refractivity contribution < 1.29 is 17.9 Å². The van der Waals surface area contributed by atoms with Crippen LogP contribution in [0, 0.1) is 0 Å². The monoisotopic (exact) mass is 416 g/mol. The number of hydrogen-bond donors (Lipinski definition) is 1. The Bertz CT molecular complexity index is 939. The Hall–Kier alpha value is -2.38. The van der Waals surface area contributed by atoms with Gasteiger partial charge in [-0.25, -0.2) is 13.1 Å². The average molecular weight is 417 g/mol. The molecule has 0 bridgehead atoms. The highest BCUT2D eigenvalue weighted by Gasteiger charge is 2.27. The summed E-state index contributed by atoms with van der Waals surface area (Å²) < 4.78 is 33.9. The van der Waals surface area contributed by atoms with Crippen LogP contribution in [0.4, 0.5) is 0 Å². The first-order valence-corrected chi connectivity index (χ1v) is 11.5. The van der Waals surface area contributed by atoms with Gasteiger partial charge in [0.1, 0.15) is 10.6 Å². The van der Waals surface area contributed by atoms with Crippen molar-refractivity contribution in [1.82, 2.24) is 9.62 Å². The molecule has 0 radical (unpaired) electrons. The molecule has 1 amide bonds. The highest BCUT2D eigenvalue weighted by atomic mass is 32.2. The van der Waals surface area contributed by atoms with Gasteiger partial charge in [-0.1, -0.05) is 43.2 Å². The molecular formula is C22H28N2O4S. The molecule has 0 spiro atoms. The van der Waals surface area contributed by atoms with E-state index >= 15 is 0 Å². The molecule has 6 nitrogen and oxygen atoms in total. The van der Waals surface area contributed by atoms with Crippen LogP contribution >= 0.6 is 0 Å². The third-order valence-electron chi connectivity index (χ3n) is 5.26. The second kappa shape index (κ2) is 9.41. The van der Waals surface area contributed by atoms with Gasteiger partial charge in [-0.15, -0.1) is 0 Å². The molecule has 2 aromatic carbocycles. The summed E-state index contributed by atoms with van der Waals surface area (Å²) >= 11 is 0. The number of amides is 1. The van der Waals surface area contributed by atoms with Crippen molar-refractivity contribution in [1.29, 1.82) is 0 Å². The molecule has 3 rings (SSSR count). The van der Waals surface area contributed by atoms with Crippen molar-refractivity contribution in [2.45, 2.75) is 50.1 Å². The maximum Gasteiger partial charge on any atom is 0.254 e. The smallest absolute Gasteiger partial charge is 0.254 e. The number of carbonyl (C=O) groups is 1. The van der Waals surface area contributed by atoms with E-state index < -0.39 is 10.0 Å². The van der Waals surface area contributed by atoms with Crippen LogP contribution < -0.4 is 9.46 Å². The van der Waals surface area contributed by atoms with Crippen molar-refractivity contribution in [3.05, 3.63) is 59.7 Å². The van der Waals surface area contributed by atoms with Crippen molar-refractivity contribution in [3.8, 4) is 5.75 Å². The number of nitrogens with zero attached hydrogens (tertiary/aromatic N) is 1. The van der Waals surface area contributed by atoms with Gasteiger partial charge in [-0.05, 0) is 43.5 Å². The van der Waals surface area contributed by atoms with Gasteiger partial charge in [0.25, 0.3) is 5.91 Å². The zero-order chi connectivity index (χ0) is 20.9. The molecule has 156 valence electrons. The van der Waals surface area contributed by atoms with E-state index in [1.54, 1.807) is 17.0 Å². The van der Waals surface area contributed by atoms with Gasteiger partial charge < -0.3 is 9.64 Å². The summed E-state index contributed by atoms with van der Waals surface area (Å²) in [6.45, 7) is 2.89. The highest BCUT2D eigenvalue weighted by Crippen LogP contribution is 2.28. The molecule has 1 N–H and O–H groups in total. The minimum absolute atomic E-state index is 0.00788. The molecular weight excluding hydrogens is 388 g/mol. The van der Waals surface area contributed by atoms with Crippen molar-refractivity contribution in [2.75, 3.05) is 13.7 Å². The van der Waals surface area contributed by atoms with E-state index in [4.69, 9.17) is 4.74 Å². The van der Waals surface area contributed by atoms with Crippen LogP contribution in [-0.2, 0) is 16.6 Å². The minimum Gasteiger partial charge on any atom is -0.495 e. The number of nitrogens with one attached hydrogen (secondary N) is 1. The number of hydrogen-bond acceptors (Lipinski definition) is 4. The van der Waals surface area contributed by atoms with Crippen LogP contribution in [0.15, 0.2) is 53.4 Å². The molecule has 2 aromatic rings. The molecule has 1 aliphatic carbocycles. The Morgan fingerprint density at radius 1 is 1.14 bits per heavy atom. The number of rotatable bonds is 8. The average Bonchev–Trinajstić information content (AvgIpc) is 3.24. The van der Waals surface area contributed by atoms with E-state index in [1.165, 1.54) is 13.2 Å². The number of sulfonamides is 1. The SMILES string of the molecule is CCN(Cc1ccccc1)C(=O)c1ccc(OC)c(S(=O)(=O)NC2CCCC2)c1. The molecule has 1 fully saturated rings. The van der Waals surface area contributed by atoms with Crippen LogP contribution in [0.5, 0.6) is 5.75 Å². The van der Waals surface area contributed by atoms with Crippen LogP contribution in [0.1, 0.15) is 48.5 Å². The standard InChI is InChI=1S/C22H28N2O4S/c1-3-24(16-17-9-5-4-6-10-17)22(25)18-13-14-20(28-2)21(15-18)29(26,27)23-19-11-7-8-12-19/h4-6,9-10,13-15,19,23H,3,7-8,11-12,16H2,1-2H3. The van der Waals surface area contributed by atoms with Gasteiger partial charge in [-0.2, -0.15) is 0 Å². The zero-order valence-corrected chi connectivity index (χ0v) is 17.7. The summed E-state index contributed by atoms with van der Waals surface area (Å²) in [5.41, 5.74) is 1.35.